The number of hydrogen-bond donors (Lipinski definition) is 1. The molecule has 9 nitrogen and oxygen atoms in total. The van der Waals surface area contributed by atoms with Crippen LogP contribution in [0.2, 0.25) is 0 Å². The van der Waals surface area contributed by atoms with E-state index in [2.05, 4.69) is 14.7 Å². The normalized spacial score (nSPS) is 23.8. The summed E-state index contributed by atoms with van der Waals surface area (Å²) in [6.07, 6.45) is -4.16. The molecule has 6 rings (SSSR count). The van der Waals surface area contributed by atoms with Gasteiger partial charge in [-0.05, 0) is 82.2 Å². The summed E-state index contributed by atoms with van der Waals surface area (Å²) in [5.74, 6) is -0.805. The minimum atomic E-state index is -4.46. The third kappa shape index (κ3) is 5.76. The molecule has 3 aliphatic rings. The van der Waals surface area contributed by atoms with Crippen molar-refractivity contribution in [1.82, 2.24) is 14.9 Å². The molecule has 1 N–H and O–H groups in total. The first-order valence-corrected chi connectivity index (χ1v) is 16.3. The van der Waals surface area contributed by atoms with E-state index in [9.17, 15) is 26.4 Å². The quantitative estimate of drug-likeness (QED) is 0.364. The maximum atomic E-state index is 14.3. The number of hydrogen-bond acceptors (Lipinski definition) is 7. The number of aryl methyl sites for hydroxylation is 2. The molecule has 240 valence electrons. The van der Waals surface area contributed by atoms with Crippen LogP contribution in [0.4, 0.5) is 19.1 Å². The summed E-state index contributed by atoms with van der Waals surface area (Å²) in [5.41, 5.74) is 1.56. The smallest absolute Gasteiger partial charge is 0.394 e. The van der Waals surface area contributed by atoms with Crippen LogP contribution < -0.4 is 9.46 Å². The average molecular weight is 645 g/mol. The van der Waals surface area contributed by atoms with Crippen molar-refractivity contribution in [3.8, 4) is 17.1 Å². The lowest BCUT2D eigenvalue weighted by Crippen LogP contribution is -2.57. The molecule has 13 heteroatoms. The Morgan fingerprint density at radius 3 is 2.36 bits per heavy atom. The number of halogens is 3. The van der Waals surface area contributed by atoms with E-state index in [4.69, 9.17) is 9.47 Å². The highest BCUT2D eigenvalue weighted by atomic mass is 32.2. The molecule has 0 radical (unpaired) electrons. The molecular formula is C32H35F3N4O5S. The molecule has 0 unspecified atom stereocenters. The summed E-state index contributed by atoms with van der Waals surface area (Å²) < 4.78 is 84.3. The van der Waals surface area contributed by atoms with Gasteiger partial charge in [0, 0.05) is 29.8 Å². The Morgan fingerprint density at radius 1 is 1.07 bits per heavy atom. The SMILES string of the molecule is COC1CC(N2C(=O)c3cccc(c3)S(=O)(=O)Nc3nc(c(C)c(-c4c(C)cccc4C)n3)OC[C@H]2CC2(C(F)(F)F)CC2)C1. The summed E-state index contributed by atoms with van der Waals surface area (Å²) in [5, 5.41) is 0. The molecule has 2 aromatic carbocycles. The number of fused-ring (bicyclic) bond motifs is 4. The van der Waals surface area contributed by atoms with Crippen molar-refractivity contribution in [1.29, 1.82) is 0 Å². The predicted octanol–water partition coefficient (Wildman–Crippen LogP) is 5.98. The molecule has 3 aromatic rings. The van der Waals surface area contributed by atoms with E-state index in [1.54, 1.807) is 14.0 Å². The molecule has 1 aromatic heterocycles. The number of nitrogens with zero attached hydrogens (tertiary/aromatic N) is 3. The fraction of sp³-hybridized carbons (Fsp3) is 0.469. The largest absolute Gasteiger partial charge is 0.475 e. The number of sulfonamides is 1. The van der Waals surface area contributed by atoms with Gasteiger partial charge in [0.25, 0.3) is 15.9 Å². The van der Waals surface area contributed by atoms with Gasteiger partial charge in [0.15, 0.2) is 0 Å². The van der Waals surface area contributed by atoms with Gasteiger partial charge in [0.05, 0.1) is 28.2 Å². The Balaban J connectivity index is 1.52. The van der Waals surface area contributed by atoms with Crippen LogP contribution in [-0.2, 0) is 14.8 Å². The maximum absolute atomic E-state index is 14.3. The van der Waals surface area contributed by atoms with Crippen LogP contribution >= 0.6 is 0 Å². The molecule has 2 heterocycles. The van der Waals surface area contributed by atoms with Crippen LogP contribution in [0, 0.1) is 26.2 Å². The second-order valence-corrected chi connectivity index (χ2v) is 14.1. The fourth-order valence-corrected chi connectivity index (χ4v) is 7.43. The molecule has 0 spiro atoms. The van der Waals surface area contributed by atoms with Gasteiger partial charge >= 0.3 is 6.18 Å². The van der Waals surface area contributed by atoms with Crippen molar-refractivity contribution in [2.45, 2.75) is 82.1 Å². The number of benzene rings is 2. The highest BCUT2D eigenvalue weighted by molar-refractivity contribution is 7.92. The highest BCUT2D eigenvalue weighted by Gasteiger charge is 2.64. The van der Waals surface area contributed by atoms with E-state index in [1.165, 1.54) is 29.2 Å². The summed E-state index contributed by atoms with van der Waals surface area (Å²) in [4.78, 5) is 24.4. The Kier molecular flexibility index (Phi) is 7.83. The van der Waals surface area contributed by atoms with Crippen LogP contribution in [0.1, 0.15) is 59.2 Å². The van der Waals surface area contributed by atoms with E-state index < -0.39 is 39.6 Å². The molecule has 45 heavy (non-hydrogen) atoms. The molecule has 2 fully saturated rings. The number of methoxy groups -OCH3 is 1. The topological polar surface area (TPSA) is 111 Å². The van der Waals surface area contributed by atoms with Crippen LogP contribution in [0.3, 0.4) is 0 Å². The molecule has 0 saturated heterocycles. The summed E-state index contributed by atoms with van der Waals surface area (Å²) >= 11 is 0. The lowest BCUT2D eigenvalue weighted by molar-refractivity contribution is -0.194. The van der Waals surface area contributed by atoms with Crippen molar-refractivity contribution >= 4 is 21.9 Å². The summed E-state index contributed by atoms with van der Waals surface area (Å²) in [6, 6.07) is 9.77. The molecule has 1 atom stereocenters. The Morgan fingerprint density at radius 2 is 1.73 bits per heavy atom. The maximum Gasteiger partial charge on any atom is 0.394 e. The third-order valence-electron chi connectivity index (χ3n) is 9.35. The van der Waals surface area contributed by atoms with E-state index in [-0.39, 0.29) is 54.3 Å². The van der Waals surface area contributed by atoms with Gasteiger partial charge in [-0.3, -0.25) is 4.79 Å². The molecule has 1 amide bonds. The van der Waals surface area contributed by atoms with Crippen molar-refractivity contribution in [3.05, 3.63) is 64.7 Å². The van der Waals surface area contributed by atoms with Crippen LogP contribution in [0.5, 0.6) is 5.88 Å². The zero-order chi connectivity index (χ0) is 32.3. The Hall–Kier alpha value is -3.71. The number of aromatic nitrogens is 2. The molecule has 4 bridgehead atoms. The van der Waals surface area contributed by atoms with E-state index in [1.807, 2.05) is 32.0 Å². The number of alkyl halides is 3. The first-order valence-electron chi connectivity index (χ1n) is 14.9. The minimum Gasteiger partial charge on any atom is -0.475 e. The zero-order valence-electron chi connectivity index (χ0n) is 25.4. The van der Waals surface area contributed by atoms with Gasteiger partial charge in [-0.25, -0.2) is 18.1 Å². The van der Waals surface area contributed by atoms with Crippen LogP contribution in [0.25, 0.3) is 11.3 Å². The number of amides is 1. The number of anilines is 1. The lowest BCUT2D eigenvalue weighted by Gasteiger charge is -2.46. The number of nitrogens with one attached hydrogen (secondary N) is 1. The van der Waals surface area contributed by atoms with Gasteiger partial charge in [-0.1, -0.05) is 24.3 Å². The predicted molar refractivity (Wildman–Crippen MR) is 161 cm³/mol. The first-order chi connectivity index (χ1) is 21.2. The molecular weight excluding hydrogens is 609 g/mol. The van der Waals surface area contributed by atoms with E-state index in [0.29, 0.717) is 24.1 Å². The minimum absolute atomic E-state index is 0.0175. The van der Waals surface area contributed by atoms with Gasteiger partial charge in [-0.15, -0.1) is 0 Å². The second kappa shape index (κ2) is 11.3. The highest BCUT2D eigenvalue weighted by Crippen LogP contribution is 2.61. The van der Waals surface area contributed by atoms with Gasteiger partial charge in [-0.2, -0.15) is 18.2 Å². The van der Waals surface area contributed by atoms with Crippen LogP contribution in [0.15, 0.2) is 47.4 Å². The third-order valence-corrected chi connectivity index (χ3v) is 10.7. The van der Waals surface area contributed by atoms with Crippen molar-refractivity contribution in [2.75, 3.05) is 18.4 Å². The summed E-state index contributed by atoms with van der Waals surface area (Å²) in [7, 11) is -2.73. The van der Waals surface area contributed by atoms with E-state index in [0.717, 1.165) is 16.7 Å². The molecule has 2 saturated carbocycles. The monoisotopic (exact) mass is 644 g/mol. The van der Waals surface area contributed by atoms with Gasteiger partial charge in [0.1, 0.15) is 6.61 Å². The van der Waals surface area contributed by atoms with Crippen molar-refractivity contribution in [2.24, 2.45) is 5.41 Å². The molecule has 2 aliphatic carbocycles. The zero-order valence-corrected chi connectivity index (χ0v) is 26.3. The van der Waals surface area contributed by atoms with E-state index >= 15 is 0 Å². The van der Waals surface area contributed by atoms with Gasteiger partial charge in [0.2, 0.25) is 11.8 Å². The Labute approximate surface area is 260 Å². The molecule has 1 aliphatic heterocycles. The van der Waals surface area contributed by atoms with Crippen LogP contribution in [-0.4, -0.2) is 67.3 Å². The number of ether oxygens (including phenoxy) is 2. The number of carbonyl (C=O) groups is 1. The standard InChI is InChI=1S/C32H35F3N4O5S/c1-18-7-5-8-19(2)26(18)27-20(3)28-37-30(36-27)38-45(41,42)25-10-6-9-21(13-25)29(40)39(22-14-24(15-22)43-4)23(17-44-28)16-31(11-12-31)32(33,34)35/h5-10,13,22-24H,11-12,14-17H2,1-4H3,(H,36,37,38)/t22?,23-,24?/m1/s1. The number of carbonyl (C=O) groups excluding carboxylic acids is 1. The van der Waals surface area contributed by atoms with Crippen molar-refractivity contribution < 1.29 is 35.9 Å². The fourth-order valence-electron chi connectivity index (χ4n) is 6.44. The number of rotatable bonds is 5. The summed E-state index contributed by atoms with van der Waals surface area (Å²) in [6.45, 7) is 5.24. The lowest BCUT2D eigenvalue weighted by atomic mass is 9.84. The Bertz CT molecular complexity index is 1730. The van der Waals surface area contributed by atoms with Crippen molar-refractivity contribution in [3.63, 3.8) is 0 Å². The van der Waals surface area contributed by atoms with Gasteiger partial charge < -0.3 is 14.4 Å². The second-order valence-electron chi connectivity index (χ2n) is 12.4. The average Bonchev–Trinajstić information content (AvgIpc) is 3.75. The first kappa shape index (κ1) is 31.3.